The number of aromatic carboxylic acids is 1. The van der Waals surface area contributed by atoms with Gasteiger partial charge in [0.1, 0.15) is 30.9 Å². The van der Waals surface area contributed by atoms with Crippen LogP contribution in [0.15, 0.2) is 69.7 Å². The molecule has 1 aliphatic carbocycles. The number of benzene rings is 2. The van der Waals surface area contributed by atoms with Crippen LogP contribution in [0.4, 0.5) is 0 Å². The van der Waals surface area contributed by atoms with E-state index >= 15 is 0 Å². The molecule has 0 bridgehead atoms. The average molecular weight is 856 g/mol. The first-order valence-corrected chi connectivity index (χ1v) is 15.0. The maximum Gasteiger partial charge on any atom is 1.00 e. The summed E-state index contributed by atoms with van der Waals surface area (Å²) in [5.41, 5.74) is -1.10. The molecule has 0 amide bonds. The Balaban J connectivity index is 0.00000481. The van der Waals surface area contributed by atoms with Gasteiger partial charge in [-0.1, -0.05) is 12.1 Å². The molecule has 2 aromatic carbocycles. The van der Waals surface area contributed by atoms with Crippen molar-refractivity contribution in [1.82, 2.24) is 0 Å². The zero-order valence-corrected chi connectivity index (χ0v) is 31.4. The predicted octanol–water partition coefficient (Wildman–Crippen LogP) is -2.40. The normalized spacial score (nSPS) is 14.4. The molecule has 0 aromatic heterocycles. The van der Waals surface area contributed by atoms with Crippen LogP contribution in [0.25, 0.3) is 5.57 Å². The summed E-state index contributed by atoms with van der Waals surface area (Å²) in [6, 6.07) is 2.76. The van der Waals surface area contributed by atoms with Crippen molar-refractivity contribution < 1.29 is 110 Å². The Kier molecular flexibility index (Phi) is 14.8. The van der Waals surface area contributed by atoms with E-state index in [0.717, 1.165) is 30.4 Å². The molecule has 198 valence electrons. The van der Waals surface area contributed by atoms with E-state index in [1.807, 2.05) is 0 Å². The van der Waals surface area contributed by atoms with E-state index in [2.05, 4.69) is 63.7 Å². The molecule has 0 aliphatic heterocycles. The van der Waals surface area contributed by atoms with E-state index < -0.39 is 53.1 Å². The number of hydrogen-bond donors (Lipinski definition) is 2. The number of halogens is 4. The van der Waals surface area contributed by atoms with Gasteiger partial charge in [-0.25, -0.2) is 21.6 Å². The van der Waals surface area contributed by atoms with E-state index in [-0.39, 0.29) is 105 Å². The van der Waals surface area contributed by atoms with Crippen LogP contribution in [-0.4, -0.2) is 53.4 Å². The number of phenolic OH excluding ortho intramolecular Hbond substituents is 1. The monoisotopic (exact) mass is 852 g/mol. The van der Waals surface area contributed by atoms with E-state index in [1.54, 1.807) is 0 Å². The van der Waals surface area contributed by atoms with Gasteiger partial charge >= 0.3 is 65.1 Å². The van der Waals surface area contributed by atoms with Crippen molar-refractivity contribution >= 4 is 101 Å². The van der Waals surface area contributed by atoms with Gasteiger partial charge in [-0.2, -0.15) is 0 Å². The fourth-order valence-corrected chi connectivity index (χ4v) is 6.92. The smallest absolute Gasteiger partial charge is 0.744 e. The number of allylic oxidation sites excluding steroid dienone is 5. The van der Waals surface area contributed by atoms with Crippen molar-refractivity contribution in [3.8, 4) is 5.75 Å². The SMILES string of the molecule is O.O=C1C=C/C(=C(/c2ccc(O)c(S(=O)(=O)[O-])c2)c2c(Br)c(Br)c(Br)c(Br)c2C(=O)O)C=C1S(=O)(=O)[O-].[Na+].[Na+]. The van der Waals surface area contributed by atoms with E-state index in [0.29, 0.717) is 6.08 Å². The molecular weight excluding hydrogens is 846 g/mol. The van der Waals surface area contributed by atoms with Gasteiger partial charge in [0, 0.05) is 23.5 Å². The van der Waals surface area contributed by atoms with E-state index in [9.17, 15) is 45.7 Å². The summed E-state index contributed by atoms with van der Waals surface area (Å²) in [5, 5.41) is 19.9. The molecule has 0 heterocycles. The summed E-state index contributed by atoms with van der Waals surface area (Å²) >= 11 is 13.0. The number of carbonyl (C=O) groups is 2. The Morgan fingerprint density at radius 2 is 1.33 bits per heavy atom. The Hall–Kier alpha value is 0.300. The van der Waals surface area contributed by atoms with Crippen LogP contribution >= 0.6 is 63.7 Å². The molecular formula is C20H10Br4Na2O11S2. The van der Waals surface area contributed by atoms with Gasteiger partial charge in [-0.05, 0) is 105 Å². The fraction of sp³-hybridized carbons (Fsp3) is 0. The minimum atomic E-state index is -5.27. The quantitative estimate of drug-likeness (QED) is 0.141. The Bertz CT molecular complexity index is 1680. The van der Waals surface area contributed by atoms with E-state index in [4.69, 9.17) is 0 Å². The van der Waals surface area contributed by atoms with Gasteiger partial charge in [0.25, 0.3) is 0 Å². The Morgan fingerprint density at radius 1 is 0.821 bits per heavy atom. The fourth-order valence-electron chi connectivity index (χ4n) is 3.25. The van der Waals surface area contributed by atoms with Crippen molar-refractivity contribution in [2.75, 3.05) is 0 Å². The molecule has 0 unspecified atom stereocenters. The summed E-state index contributed by atoms with van der Waals surface area (Å²) in [6.07, 6.45) is 2.57. The van der Waals surface area contributed by atoms with Gasteiger partial charge in [0.2, 0.25) is 0 Å². The molecule has 19 heteroatoms. The Morgan fingerprint density at radius 3 is 1.79 bits per heavy atom. The number of aromatic hydroxyl groups is 1. The minimum absolute atomic E-state index is 0. The standard InChI is InChI=1S/C20H10Br4O10S2.2Na.H2O/c21-16-14(15(20(27)28)17(22)19(24)18(16)23)13(7-1-3-9(25)11(5-7)35(29,30)31)8-2-4-10(26)12(6-8)36(32,33)34;;;/h1-6,25H,(H,27,28)(H,29,30,31)(H,32,33,34);;;1H2/q;2*+1;/p-2/b13-8+;;;. The second-order valence-corrected chi connectivity index (χ2v) is 12.8. The molecule has 0 saturated heterocycles. The van der Waals surface area contributed by atoms with Gasteiger partial charge in [0.05, 0.1) is 10.5 Å². The predicted molar refractivity (Wildman–Crippen MR) is 142 cm³/mol. The van der Waals surface area contributed by atoms with Gasteiger partial charge < -0.3 is 24.8 Å². The number of ketones is 1. The third kappa shape index (κ3) is 8.23. The van der Waals surface area contributed by atoms with Crippen LogP contribution in [0, 0.1) is 0 Å². The second kappa shape index (κ2) is 14.7. The molecule has 11 nitrogen and oxygen atoms in total. The second-order valence-electron chi connectivity index (χ2n) is 6.94. The zero-order chi connectivity index (χ0) is 27.3. The molecule has 0 fully saturated rings. The van der Waals surface area contributed by atoms with Crippen LogP contribution in [0.5, 0.6) is 5.75 Å². The van der Waals surface area contributed by atoms with Crippen LogP contribution in [0.3, 0.4) is 0 Å². The molecule has 1 aliphatic rings. The van der Waals surface area contributed by atoms with E-state index in [1.165, 1.54) is 0 Å². The topological polar surface area (TPSA) is 220 Å². The third-order valence-electron chi connectivity index (χ3n) is 4.75. The van der Waals surface area contributed by atoms with Gasteiger partial charge in [0.15, 0.2) is 5.78 Å². The molecule has 0 atom stereocenters. The maximum atomic E-state index is 12.3. The largest absolute Gasteiger partial charge is 1.00 e. The van der Waals surface area contributed by atoms with Gasteiger partial charge in [-0.15, -0.1) is 0 Å². The minimum Gasteiger partial charge on any atom is -0.744 e. The van der Waals surface area contributed by atoms with Crippen molar-refractivity contribution in [1.29, 1.82) is 0 Å². The maximum absolute atomic E-state index is 12.3. The number of hydrogen-bond acceptors (Lipinski definition) is 9. The van der Waals surface area contributed by atoms with Crippen molar-refractivity contribution in [3.63, 3.8) is 0 Å². The molecule has 0 radical (unpaired) electrons. The van der Waals surface area contributed by atoms with Crippen molar-refractivity contribution in [2.24, 2.45) is 0 Å². The number of carboxylic acid groups (broad SMARTS) is 1. The first-order chi connectivity index (χ1) is 16.5. The van der Waals surface area contributed by atoms with Crippen molar-refractivity contribution in [3.05, 3.63) is 81.5 Å². The summed E-state index contributed by atoms with van der Waals surface area (Å²) in [5.74, 6) is -3.49. The molecule has 0 spiro atoms. The van der Waals surface area contributed by atoms with Crippen LogP contribution in [0.1, 0.15) is 21.5 Å². The van der Waals surface area contributed by atoms with Crippen LogP contribution in [-0.2, 0) is 25.0 Å². The molecule has 39 heavy (non-hydrogen) atoms. The van der Waals surface area contributed by atoms with Crippen molar-refractivity contribution in [2.45, 2.75) is 4.90 Å². The number of carboxylic acids is 1. The summed E-state index contributed by atoms with van der Waals surface area (Å²) in [6.45, 7) is 0. The third-order valence-corrected chi connectivity index (χ3v) is 11.2. The Labute approximate surface area is 299 Å². The first-order valence-electron chi connectivity index (χ1n) is 9.00. The molecule has 0 saturated carbocycles. The zero-order valence-electron chi connectivity index (χ0n) is 19.5. The number of carbonyl (C=O) groups excluding carboxylic acids is 1. The van der Waals surface area contributed by atoms with Gasteiger partial charge in [-0.3, -0.25) is 4.79 Å². The summed E-state index contributed by atoms with van der Waals surface area (Å²) < 4.78 is 70.8. The first kappa shape index (κ1) is 39.3. The van der Waals surface area contributed by atoms with Crippen LogP contribution < -0.4 is 59.1 Å². The average Bonchev–Trinajstić information content (AvgIpc) is 2.76. The number of rotatable bonds is 5. The summed E-state index contributed by atoms with van der Waals surface area (Å²) in [4.78, 5) is 22.2. The molecule has 3 rings (SSSR count). The number of phenols is 1. The summed E-state index contributed by atoms with van der Waals surface area (Å²) in [7, 11) is -10.5. The molecule has 4 N–H and O–H groups in total. The molecule has 2 aromatic rings. The van der Waals surface area contributed by atoms with Crippen LogP contribution in [0.2, 0.25) is 0 Å².